The zero-order valence-corrected chi connectivity index (χ0v) is 13.1. The molecular formula is C16H27NS. The first-order valence-electron chi connectivity index (χ1n) is 7.13. The van der Waals surface area contributed by atoms with E-state index in [4.69, 9.17) is 0 Å². The van der Waals surface area contributed by atoms with Crippen LogP contribution in [0.3, 0.4) is 0 Å². The summed E-state index contributed by atoms with van der Waals surface area (Å²) in [7, 11) is 0. The van der Waals surface area contributed by atoms with Crippen LogP contribution in [0, 0.1) is 18.8 Å². The molecule has 0 saturated carbocycles. The van der Waals surface area contributed by atoms with E-state index in [9.17, 15) is 0 Å². The van der Waals surface area contributed by atoms with Crippen LogP contribution < -0.4 is 0 Å². The Morgan fingerprint density at radius 2 is 1.89 bits per heavy atom. The highest BCUT2D eigenvalue weighted by Gasteiger charge is 2.04. The van der Waals surface area contributed by atoms with E-state index in [1.807, 2.05) is 24.9 Å². The summed E-state index contributed by atoms with van der Waals surface area (Å²) in [6, 6.07) is 4.27. The summed E-state index contributed by atoms with van der Waals surface area (Å²) < 4.78 is 0. The molecule has 0 fully saturated rings. The Labute approximate surface area is 117 Å². The van der Waals surface area contributed by atoms with Crippen LogP contribution in [0.5, 0.6) is 0 Å². The second-order valence-electron chi connectivity index (χ2n) is 5.70. The van der Waals surface area contributed by atoms with E-state index in [0.29, 0.717) is 0 Å². The summed E-state index contributed by atoms with van der Waals surface area (Å²) in [5, 5.41) is 0. The molecule has 0 saturated heterocycles. The highest BCUT2D eigenvalue weighted by molar-refractivity contribution is 7.99. The van der Waals surface area contributed by atoms with E-state index in [1.54, 1.807) is 0 Å². The topological polar surface area (TPSA) is 12.9 Å². The van der Waals surface area contributed by atoms with Crippen LogP contribution in [0.1, 0.15) is 52.1 Å². The van der Waals surface area contributed by atoms with Crippen molar-refractivity contribution in [1.82, 2.24) is 4.98 Å². The van der Waals surface area contributed by atoms with Crippen LogP contribution in [0.15, 0.2) is 23.2 Å². The molecule has 1 aromatic rings. The standard InChI is InChI=1S/C16H27NS/c1-13(2)6-5-7-14(3)10-11-18-16-9-8-15(4)17-12-16/h8-9,12-14H,5-7,10-11H2,1-4H3. The van der Waals surface area contributed by atoms with E-state index in [2.05, 4.69) is 37.9 Å². The van der Waals surface area contributed by atoms with Crippen LogP contribution in [-0.4, -0.2) is 10.7 Å². The maximum absolute atomic E-state index is 4.33. The van der Waals surface area contributed by atoms with Gasteiger partial charge in [-0.3, -0.25) is 4.98 Å². The van der Waals surface area contributed by atoms with Crippen molar-refractivity contribution in [2.75, 3.05) is 5.75 Å². The molecule has 0 aromatic carbocycles. The predicted molar refractivity (Wildman–Crippen MR) is 82.2 cm³/mol. The fourth-order valence-corrected chi connectivity index (χ4v) is 2.98. The maximum atomic E-state index is 4.33. The zero-order chi connectivity index (χ0) is 13.4. The van der Waals surface area contributed by atoms with Crippen LogP contribution in [0.25, 0.3) is 0 Å². The molecule has 0 spiro atoms. The van der Waals surface area contributed by atoms with Crippen molar-refractivity contribution in [3.63, 3.8) is 0 Å². The molecule has 0 amide bonds. The molecule has 2 heteroatoms. The third-order valence-electron chi connectivity index (χ3n) is 3.24. The van der Waals surface area contributed by atoms with Gasteiger partial charge in [0.15, 0.2) is 0 Å². The van der Waals surface area contributed by atoms with Gasteiger partial charge in [0.25, 0.3) is 0 Å². The first-order valence-corrected chi connectivity index (χ1v) is 8.12. The van der Waals surface area contributed by atoms with E-state index in [0.717, 1.165) is 17.5 Å². The molecule has 1 unspecified atom stereocenters. The number of aryl methyl sites for hydroxylation is 1. The maximum Gasteiger partial charge on any atom is 0.0407 e. The molecule has 0 N–H and O–H groups in total. The Morgan fingerprint density at radius 3 is 2.50 bits per heavy atom. The van der Waals surface area contributed by atoms with Crippen LogP contribution in [0.2, 0.25) is 0 Å². The van der Waals surface area contributed by atoms with Gasteiger partial charge in [0.1, 0.15) is 0 Å². The Hall–Kier alpha value is -0.500. The number of pyridine rings is 1. The molecule has 0 aliphatic carbocycles. The fraction of sp³-hybridized carbons (Fsp3) is 0.688. The summed E-state index contributed by atoms with van der Waals surface area (Å²) >= 11 is 1.93. The molecule has 1 aromatic heterocycles. The first-order chi connectivity index (χ1) is 8.58. The van der Waals surface area contributed by atoms with E-state index >= 15 is 0 Å². The monoisotopic (exact) mass is 265 g/mol. The van der Waals surface area contributed by atoms with Crippen molar-refractivity contribution in [3.8, 4) is 0 Å². The number of rotatable bonds is 8. The lowest BCUT2D eigenvalue weighted by Gasteiger charge is -2.11. The molecular weight excluding hydrogens is 238 g/mol. The molecule has 1 rings (SSSR count). The van der Waals surface area contributed by atoms with Gasteiger partial charge in [-0.2, -0.15) is 0 Å². The second-order valence-corrected chi connectivity index (χ2v) is 6.87. The minimum Gasteiger partial charge on any atom is -0.260 e. The van der Waals surface area contributed by atoms with Crippen molar-refractivity contribution in [2.45, 2.75) is 58.3 Å². The van der Waals surface area contributed by atoms with Gasteiger partial charge in [-0.25, -0.2) is 0 Å². The number of aromatic nitrogens is 1. The highest BCUT2D eigenvalue weighted by Crippen LogP contribution is 2.22. The lowest BCUT2D eigenvalue weighted by molar-refractivity contribution is 0.451. The molecule has 1 heterocycles. The fourth-order valence-electron chi connectivity index (χ4n) is 1.94. The number of nitrogens with zero attached hydrogens (tertiary/aromatic N) is 1. The van der Waals surface area contributed by atoms with Gasteiger partial charge < -0.3 is 0 Å². The summed E-state index contributed by atoms with van der Waals surface area (Å²) in [4.78, 5) is 5.63. The molecule has 18 heavy (non-hydrogen) atoms. The molecule has 0 bridgehead atoms. The Bertz CT molecular complexity index is 318. The molecule has 102 valence electrons. The molecule has 0 radical (unpaired) electrons. The quantitative estimate of drug-likeness (QED) is 0.589. The predicted octanol–water partition coefficient (Wildman–Crippen LogP) is 5.33. The summed E-state index contributed by atoms with van der Waals surface area (Å²) in [6.45, 7) is 9.04. The van der Waals surface area contributed by atoms with Crippen molar-refractivity contribution >= 4 is 11.8 Å². The number of thioether (sulfide) groups is 1. The minimum atomic E-state index is 0.852. The zero-order valence-electron chi connectivity index (χ0n) is 12.3. The van der Waals surface area contributed by atoms with Crippen molar-refractivity contribution in [3.05, 3.63) is 24.0 Å². The smallest absolute Gasteiger partial charge is 0.0407 e. The average molecular weight is 265 g/mol. The Morgan fingerprint density at radius 1 is 1.11 bits per heavy atom. The molecule has 0 aliphatic rings. The molecule has 0 aliphatic heterocycles. The largest absolute Gasteiger partial charge is 0.260 e. The lowest BCUT2D eigenvalue weighted by atomic mass is 9.98. The SMILES string of the molecule is Cc1ccc(SCCC(C)CCCC(C)C)cn1. The highest BCUT2D eigenvalue weighted by atomic mass is 32.2. The van der Waals surface area contributed by atoms with Crippen molar-refractivity contribution < 1.29 is 0 Å². The third kappa shape index (κ3) is 7.05. The van der Waals surface area contributed by atoms with Crippen LogP contribution >= 0.6 is 11.8 Å². The van der Waals surface area contributed by atoms with Gasteiger partial charge in [0, 0.05) is 16.8 Å². The average Bonchev–Trinajstić information content (AvgIpc) is 2.31. The Kier molecular flexibility index (Phi) is 7.41. The summed E-state index contributed by atoms with van der Waals surface area (Å²) in [5.74, 6) is 2.92. The normalized spacial score (nSPS) is 12.9. The van der Waals surface area contributed by atoms with Crippen LogP contribution in [-0.2, 0) is 0 Å². The summed E-state index contributed by atoms with van der Waals surface area (Å²) in [5.41, 5.74) is 1.10. The van der Waals surface area contributed by atoms with Crippen molar-refractivity contribution in [2.24, 2.45) is 11.8 Å². The molecule has 1 nitrogen and oxygen atoms in total. The van der Waals surface area contributed by atoms with Crippen molar-refractivity contribution in [1.29, 1.82) is 0 Å². The van der Waals surface area contributed by atoms with Gasteiger partial charge >= 0.3 is 0 Å². The third-order valence-corrected chi connectivity index (χ3v) is 4.26. The lowest BCUT2D eigenvalue weighted by Crippen LogP contribution is -1.98. The second kappa shape index (κ2) is 8.58. The first kappa shape index (κ1) is 15.6. The number of hydrogen-bond donors (Lipinski definition) is 0. The molecule has 1 atom stereocenters. The van der Waals surface area contributed by atoms with Gasteiger partial charge in [0.05, 0.1) is 0 Å². The van der Waals surface area contributed by atoms with Gasteiger partial charge in [-0.05, 0) is 43.1 Å². The van der Waals surface area contributed by atoms with Crippen LogP contribution in [0.4, 0.5) is 0 Å². The van der Waals surface area contributed by atoms with Gasteiger partial charge in [-0.15, -0.1) is 11.8 Å². The van der Waals surface area contributed by atoms with Gasteiger partial charge in [-0.1, -0.05) is 40.0 Å². The summed E-state index contributed by atoms with van der Waals surface area (Å²) in [6.07, 6.45) is 7.44. The van der Waals surface area contributed by atoms with E-state index < -0.39 is 0 Å². The van der Waals surface area contributed by atoms with E-state index in [1.165, 1.54) is 36.3 Å². The Balaban J connectivity index is 2.11. The number of hydrogen-bond acceptors (Lipinski definition) is 2. The van der Waals surface area contributed by atoms with Gasteiger partial charge in [0.2, 0.25) is 0 Å². The van der Waals surface area contributed by atoms with E-state index in [-0.39, 0.29) is 0 Å². The minimum absolute atomic E-state index is 0.852.